The molecule has 0 fully saturated rings. The lowest BCUT2D eigenvalue weighted by Gasteiger charge is -2.21. The molecule has 178 valence electrons. The summed E-state index contributed by atoms with van der Waals surface area (Å²) in [5.74, 6) is 0.0815. The van der Waals surface area contributed by atoms with E-state index in [0.29, 0.717) is 28.1 Å². The van der Waals surface area contributed by atoms with E-state index in [-0.39, 0.29) is 0 Å². The molecule has 0 atom stereocenters. The van der Waals surface area contributed by atoms with Gasteiger partial charge in [0.05, 0.1) is 18.2 Å². The van der Waals surface area contributed by atoms with Crippen LogP contribution in [0.25, 0.3) is 0 Å². The highest BCUT2D eigenvalue weighted by Gasteiger charge is 2.21. The molecule has 0 unspecified atom stereocenters. The molecule has 1 amide bonds. The molecular weight excluding hydrogens is 497 g/mol. The zero-order valence-electron chi connectivity index (χ0n) is 18.5. The number of nitrogens with zero attached hydrogens (tertiary/aromatic N) is 2. The molecule has 0 aliphatic rings. The van der Waals surface area contributed by atoms with Gasteiger partial charge in [0.15, 0.2) is 0 Å². The van der Waals surface area contributed by atoms with Crippen LogP contribution in [0.2, 0.25) is 10.0 Å². The van der Waals surface area contributed by atoms with Crippen molar-refractivity contribution in [3.05, 3.63) is 93.5 Å². The van der Waals surface area contributed by atoms with Crippen LogP contribution in [0.4, 0.5) is 5.69 Å². The number of rotatable bonds is 9. The van der Waals surface area contributed by atoms with Crippen LogP contribution in [0, 0.1) is 6.92 Å². The molecule has 0 saturated heterocycles. The molecule has 0 spiro atoms. The molecule has 0 aliphatic carbocycles. The van der Waals surface area contributed by atoms with E-state index < -0.39 is 22.5 Å². The molecule has 3 aromatic rings. The van der Waals surface area contributed by atoms with E-state index in [0.717, 1.165) is 27.3 Å². The van der Waals surface area contributed by atoms with Crippen LogP contribution in [-0.2, 0) is 21.4 Å². The zero-order chi connectivity index (χ0) is 24.7. The van der Waals surface area contributed by atoms with Crippen molar-refractivity contribution in [3.63, 3.8) is 0 Å². The maximum Gasteiger partial charge on any atom is 0.260 e. The first-order chi connectivity index (χ1) is 16.1. The van der Waals surface area contributed by atoms with Crippen molar-refractivity contribution < 1.29 is 17.9 Å². The van der Waals surface area contributed by atoms with Crippen LogP contribution in [0.3, 0.4) is 0 Å². The molecule has 1 N–H and O–H groups in total. The Morgan fingerprint density at radius 3 is 2.35 bits per heavy atom. The Labute approximate surface area is 209 Å². The number of carbonyl (C=O) groups excluding carboxylic acids is 1. The van der Waals surface area contributed by atoms with Gasteiger partial charge in [0.2, 0.25) is 10.0 Å². The van der Waals surface area contributed by atoms with Gasteiger partial charge in [-0.3, -0.25) is 9.10 Å². The predicted octanol–water partition coefficient (Wildman–Crippen LogP) is 4.80. The van der Waals surface area contributed by atoms with Gasteiger partial charge in [0.25, 0.3) is 5.91 Å². The van der Waals surface area contributed by atoms with E-state index in [2.05, 4.69) is 10.5 Å². The smallest absolute Gasteiger partial charge is 0.260 e. The van der Waals surface area contributed by atoms with E-state index in [9.17, 15) is 13.2 Å². The number of aryl methyl sites for hydroxylation is 1. The Balaban J connectivity index is 1.55. The van der Waals surface area contributed by atoms with Crippen molar-refractivity contribution >= 4 is 51.0 Å². The fourth-order valence-corrected chi connectivity index (χ4v) is 4.03. The van der Waals surface area contributed by atoms with Gasteiger partial charge < -0.3 is 4.74 Å². The average Bonchev–Trinajstić information content (AvgIpc) is 2.79. The standard InChI is InChI=1S/C24H23Cl2N3O4S/c1-17-3-10-21(13-23(17)26)29(34(2,31)32)15-24(30)28-27-14-18-6-11-22(12-7-18)33-16-19-4-8-20(25)9-5-19/h3-14H,15-16H2,1-2H3,(H,28,30)/b27-14-. The Morgan fingerprint density at radius 1 is 1.06 bits per heavy atom. The van der Waals surface area contributed by atoms with E-state index in [1.807, 2.05) is 12.1 Å². The number of carbonyl (C=O) groups is 1. The summed E-state index contributed by atoms with van der Waals surface area (Å²) in [7, 11) is -3.71. The molecule has 0 aliphatic heterocycles. The average molecular weight is 520 g/mol. The molecule has 3 aromatic carbocycles. The lowest BCUT2D eigenvalue weighted by atomic mass is 10.2. The van der Waals surface area contributed by atoms with E-state index in [4.69, 9.17) is 27.9 Å². The third-order valence-corrected chi connectivity index (χ3v) is 6.53. The minimum Gasteiger partial charge on any atom is -0.489 e. The van der Waals surface area contributed by atoms with E-state index in [1.165, 1.54) is 12.3 Å². The van der Waals surface area contributed by atoms with Gasteiger partial charge in [-0.2, -0.15) is 5.10 Å². The van der Waals surface area contributed by atoms with Crippen molar-refractivity contribution in [1.82, 2.24) is 5.43 Å². The molecule has 0 heterocycles. The van der Waals surface area contributed by atoms with Crippen LogP contribution in [0.1, 0.15) is 16.7 Å². The number of hydrogen-bond donors (Lipinski definition) is 1. The maximum atomic E-state index is 12.3. The molecule has 3 rings (SSSR count). The maximum absolute atomic E-state index is 12.3. The fourth-order valence-electron chi connectivity index (χ4n) is 2.88. The van der Waals surface area contributed by atoms with Crippen molar-refractivity contribution in [3.8, 4) is 5.75 Å². The Hall–Kier alpha value is -3.07. The third kappa shape index (κ3) is 7.48. The van der Waals surface area contributed by atoms with Crippen molar-refractivity contribution in [2.24, 2.45) is 5.10 Å². The molecule has 7 nitrogen and oxygen atoms in total. The molecule has 34 heavy (non-hydrogen) atoms. The van der Waals surface area contributed by atoms with Gasteiger partial charge in [0.1, 0.15) is 18.9 Å². The molecule has 10 heteroatoms. The predicted molar refractivity (Wildman–Crippen MR) is 136 cm³/mol. The van der Waals surface area contributed by atoms with Crippen LogP contribution >= 0.6 is 23.2 Å². The molecule has 0 radical (unpaired) electrons. The molecule has 0 saturated carbocycles. The first kappa shape index (κ1) is 25.6. The number of anilines is 1. The number of halogens is 2. The molecule has 0 aromatic heterocycles. The second kappa shape index (κ2) is 11.4. The monoisotopic (exact) mass is 519 g/mol. The normalized spacial score (nSPS) is 11.4. The number of sulfonamides is 1. The third-order valence-electron chi connectivity index (χ3n) is 4.73. The highest BCUT2D eigenvalue weighted by Crippen LogP contribution is 2.24. The number of amides is 1. The Bertz CT molecular complexity index is 1280. The summed E-state index contributed by atoms with van der Waals surface area (Å²) >= 11 is 12.0. The van der Waals surface area contributed by atoms with Gasteiger partial charge in [-0.25, -0.2) is 13.8 Å². The van der Waals surface area contributed by atoms with Gasteiger partial charge in [0, 0.05) is 10.0 Å². The molecular formula is C24H23Cl2N3O4S. The fraction of sp³-hybridized carbons (Fsp3) is 0.167. The summed E-state index contributed by atoms with van der Waals surface area (Å²) in [6.07, 6.45) is 2.47. The Kier molecular flexibility index (Phi) is 8.55. The van der Waals surface area contributed by atoms with E-state index in [1.54, 1.807) is 55.5 Å². The van der Waals surface area contributed by atoms with Gasteiger partial charge in [-0.05, 0) is 72.1 Å². The second-order valence-electron chi connectivity index (χ2n) is 7.48. The number of hydrazone groups is 1. The van der Waals surface area contributed by atoms with Gasteiger partial charge in [-0.15, -0.1) is 0 Å². The minimum absolute atomic E-state index is 0.298. The van der Waals surface area contributed by atoms with Crippen molar-refractivity contribution in [2.75, 3.05) is 17.1 Å². The van der Waals surface area contributed by atoms with Gasteiger partial charge in [-0.1, -0.05) is 41.4 Å². The lowest BCUT2D eigenvalue weighted by Crippen LogP contribution is -2.39. The number of nitrogens with one attached hydrogen (secondary N) is 1. The molecule has 0 bridgehead atoms. The largest absolute Gasteiger partial charge is 0.489 e. The topological polar surface area (TPSA) is 88.1 Å². The Morgan fingerprint density at radius 2 is 1.74 bits per heavy atom. The minimum atomic E-state index is -3.71. The highest BCUT2D eigenvalue weighted by molar-refractivity contribution is 7.92. The summed E-state index contributed by atoms with van der Waals surface area (Å²) in [5.41, 5.74) is 5.16. The summed E-state index contributed by atoms with van der Waals surface area (Å²) in [6, 6.07) is 19.3. The number of ether oxygens (including phenoxy) is 1. The van der Waals surface area contributed by atoms with Crippen molar-refractivity contribution in [2.45, 2.75) is 13.5 Å². The van der Waals surface area contributed by atoms with Crippen LogP contribution in [0.5, 0.6) is 5.75 Å². The zero-order valence-corrected chi connectivity index (χ0v) is 20.9. The van der Waals surface area contributed by atoms with Crippen LogP contribution in [-0.4, -0.2) is 33.3 Å². The van der Waals surface area contributed by atoms with Crippen LogP contribution in [0.15, 0.2) is 71.8 Å². The lowest BCUT2D eigenvalue weighted by molar-refractivity contribution is -0.119. The quantitative estimate of drug-likeness (QED) is 0.325. The summed E-state index contributed by atoms with van der Waals surface area (Å²) in [6.45, 7) is 1.77. The van der Waals surface area contributed by atoms with Crippen LogP contribution < -0.4 is 14.5 Å². The first-order valence-electron chi connectivity index (χ1n) is 10.1. The van der Waals surface area contributed by atoms with E-state index >= 15 is 0 Å². The van der Waals surface area contributed by atoms with Gasteiger partial charge >= 0.3 is 0 Å². The summed E-state index contributed by atoms with van der Waals surface area (Å²) in [5, 5.41) is 4.99. The highest BCUT2D eigenvalue weighted by atomic mass is 35.5. The SMILES string of the molecule is Cc1ccc(N(CC(=O)N/N=C\c2ccc(OCc3ccc(Cl)cc3)cc2)S(C)(=O)=O)cc1Cl. The first-order valence-corrected chi connectivity index (χ1v) is 12.8. The summed E-state index contributed by atoms with van der Waals surface area (Å²) in [4.78, 5) is 12.3. The number of benzene rings is 3. The summed E-state index contributed by atoms with van der Waals surface area (Å²) < 4.78 is 31.1. The van der Waals surface area contributed by atoms with Crippen molar-refractivity contribution in [1.29, 1.82) is 0 Å². The second-order valence-corrected chi connectivity index (χ2v) is 10.2. The number of hydrogen-bond acceptors (Lipinski definition) is 5.